The molecule has 13 unspecified atom stereocenters. The van der Waals surface area contributed by atoms with Crippen LogP contribution < -0.4 is 76.1 Å². The third-order valence-corrected chi connectivity index (χ3v) is 16.5. The van der Waals surface area contributed by atoms with E-state index in [0.717, 1.165) is 53.0 Å². The van der Waals surface area contributed by atoms with Crippen molar-refractivity contribution in [3.63, 3.8) is 0 Å². The minimum atomic E-state index is -2.22. The Balaban J connectivity index is 0.0000115. The number of nitrogens with one attached hydrogen (secondary N) is 5. The number of aliphatic hydroxyl groups excluding tert-OH is 6. The average molecular weight is 1300 g/mol. The number of ether oxygens (including phenoxy) is 1. The maximum absolute atomic E-state index is 14.7. The second kappa shape index (κ2) is 31.8. The number of hydrogen-bond acceptors (Lipinski definition) is 24. The number of unbranched alkanes of at least 4 members (excludes halogenated alkanes) is 1. The second-order valence-electron chi connectivity index (χ2n) is 21.8. The number of nitrogens with two attached hydrogens (primary N) is 1. The molecule has 0 spiro atoms. The van der Waals surface area contributed by atoms with Crippen molar-refractivity contribution in [1.82, 2.24) is 51.0 Å². The Morgan fingerprint density at radius 1 is 0.844 bits per heavy atom. The molecule has 0 radical (unpaired) electrons. The van der Waals surface area contributed by atoms with Gasteiger partial charge in [-0.3, -0.25) is 43.4 Å². The number of carbonyl (C=O) groups is 8. The number of aliphatic hydroxyl groups is 6. The van der Waals surface area contributed by atoms with Gasteiger partial charge in [0.05, 0.1) is 61.5 Å². The topological polar surface area (TPSA) is 461 Å². The van der Waals surface area contributed by atoms with E-state index < -0.39 is 177 Å². The molecule has 3 aromatic carbocycles. The smallest absolute Gasteiger partial charge is 0.691 e. The maximum Gasteiger partial charge on any atom is 1.00 e. The molecule has 2 aromatic heterocycles. The number of aromatic hydroxyl groups is 1. The molecule has 3 aliphatic heterocycles. The number of phenolic OH excluding ortho intramolecular Hbond substituents is 1. The fourth-order valence-electron chi connectivity index (χ4n) is 10.4. The van der Waals surface area contributed by atoms with Gasteiger partial charge in [-0.2, -0.15) is 5.10 Å². The van der Waals surface area contributed by atoms with Crippen LogP contribution in [0.1, 0.15) is 68.8 Å². The van der Waals surface area contributed by atoms with Gasteiger partial charge < -0.3 is 92.0 Å². The van der Waals surface area contributed by atoms with Gasteiger partial charge in [-0.25, -0.2) is 9.50 Å². The first-order valence-corrected chi connectivity index (χ1v) is 29.7. The number of aromatic nitrogens is 3. The number of imidazole rings is 1. The number of fused-ring (bicyclic) bond motifs is 3. The van der Waals surface area contributed by atoms with E-state index in [1.54, 1.807) is 22.8 Å². The molecule has 3 aliphatic rings. The van der Waals surface area contributed by atoms with Crippen LogP contribution in [0.4, 0.5) is 0 Å². The van der Waals surface area contributed by atoms with Gasteiger partial charge in [0.15, 0.2) is 11.5 Å². The Labute approximate surface area is 544 Å². The molecule has 0 saturated carbocycles. The zero-order chi connectivity index (χ0) is 64.4. The molecule has 5 aromatic rings. The molecule has 8 rings (SSSR count). The van der Waals surface area contributed by atoms with Gasteiger partial charge in [-0.05, 0) is 67.4 Å². The first kappa shape index (κ1) is 70.4. The normalized spacial score (nSPS) is 24.9. The molecule has 3 fully saturated rings. The Kier molecular flexibility index (Phi) is 24.8. The fraction of sp³-hybridized carbons (Fsp3) is 0.464. The van der Waals surface area contributed by atoms with E-state index in [1.807, 2.05) is 24.3 Å². The van der Waals surface area contributed by atoms with Crippen LogP contribution in [-0.4, -0.2) is 207 Å². The number of hydrogen-bond donors (Lipinski definition) is 13. The van der Waals surface area contributed by atoms with E-state index in [-0.39, 0.29) is 58.8 Å². The molecule has 5 heterocycles. The van der Waals surface area contributed by atoms with Crippen LogP contribution in [0.15, 0.2) is 72.9 Å². The first-order valence-electron chi connectivity index (χ1n) is 28.2. The molecule has 14 N–H and O–H groups in total. The summed E-state index contributed by atoms with van der Waals surface area (Å²) in [4.78, 5) is 120. The van der Waals surface area contributed by atoms with E-state index in [0.29, 0.717) is 27.8 Å². The number of carbonyl (C=O) groups excluding carboxylic acids is 8. The zero-order valence-electron chi connectivity index (χ0n) is 49.1. The Bertz CT molecular complexity index is 3330. The Morgan fingerprint density at radius 2 is 1.52 bits per heavy atom. The molecule has 3 saturated heterocycles. The molecular formula is C56H68N11NaO20S2. The van der Waals surface area contributed by atoms with E-state index in [1.165, 1.54) is 36.5 Å². The van der Waals surface area contributed by atoms with Crippen molar-refractivity contribution in [1.29, 1.82) is 0 Å². The van der Waals surface area contributed by atoms with Crippen LogP contribution in [0.2, 0.25) is 0 Å². The summed E-state index contributed by atoms with van der Waals surface area (Å²) in [6, 6.07) is 5.36. The molecule has 480 valence electrons. The zero-order valence-corrected chi connectivity index (χ0v) is 52.7. The summed E-state index contributed by atoms with van der Waals surface area (Å²) in [5.74, 6) is -10.4. The minimum absolute atomic E-state index is 0. The monoisotopic (exact) mass is 1300 g/mol. The largest absolute Gasteiger partial charge is 1.00 e. The molecule has 31 nitrogen and oxygen atoms in total. The molecule has 8 amide bonds. The van der Waals surface area contributed by atoms with Crippen LogP contribution in [0.25, 0.3) is 26.8 Å². The maximum atomic E-state index is 14.7. The summed E-state index contributed by atoms with van der Waals surface area (Å²) in [6.45, 7) is 3.54. The van der Waals surface area contributed by atoms with Crippen molar-refractivity contribution < 1.29 is 127 Å². The number of amides is 8. The summed E-state index contributed by atoms with van der Waals surface area (Å²) < 4.78 is 16.5. The molecule has 90 heavy (non-hydrogen) atoms. The fourth-order valence-corrected chi connectivity index (χ4v) is 11.6. The van der Waals surface area contributed by atoms with Crippen molar-refractivity contribution in [2.24, 2.45) is 11.7 Å². The first-order chi connectivity index (χ1) is 42.4. The predicted molar refractivity (Wildman–Crippen MR) is 309 cm³/mol. The van der Waals surface area contributed by atoms with E-state index in [9.17, 15) is 79.4 Å². The van der Waals surface area contributed by atoms with Crippen molar-refractivity contribution in [3.8, 4) is 39.1 Å². The number of benzene rings is 3. The predicted octanol–water partition coefficient (Wildman–Crippen LogP) is -6.00. The van der Waals surface area contributed by atoms with Gasteiger partial charge in [-0.1, -0.05) is 49.8 Å². The minimum Gasteiger partial charge on any atom is -0.691 e. The number of nitrogens with zero attached hydrogens (tertiary/aromatic N) is 5. The summed E-state index contributed by atoms with van der Waals surface area (Å²) in [7, 11) is 0. The van der Waals surface area contributed by atoms with Crippen LogP contribution in [0, 0.1) is 5.92 Å². The summed E-state index contributed by atoms with van der Waals surface area (Å²) in [6.07, 6.45) is -10.0. The van der Waals surface area contributed by atoms with Gasteiger partial charge in [0, 0.05) is 61.5 Å². The summed E-state index contributed by atoms with van der Waals surface area (Å²) in [5, 5.41) is 109. The van der Waals surface area contributed by atoms with Gasteiger partial charge in [-0.15, -0.1) is 4.33 Å². The Morgan fingerprint density at radius 3 is 2.19 bits per heavy atom. The third kappa shape index (κ3) is 17.3. The SMILES string of the molecule is CCCCOc1ccc(-c2nn3cc(-c4ccc(C(=O)NC5CC(O)CNC(=O)C6C(O)C(C)CN6C(=O)C(C(O)CC(N)=O)NC(=O)C(C(O)Cc6ccc(O)c(OSOO[O-])c6)NC(=O)C6CC(O)CN6C(=O)C(C(C)O)NC5=O)cc4)nc3s2)cc1.[Na+]. The number of rotatable bonds is 19. The van der Waals surface area contributed by atoms with E-state index in [4.69, 9.17) is 19.6 Å². The van der Waals surface area contributed by atoms with Crippen molar-refractivity contribution in [2.45, 2.75) is 132 Å². The second-order valence-corrected chi connectivity index (χ2v) is 23.2. The average Bonchev–Trinajstić information content (AvgIpc) is 1.77. The van der Waals surface area contributed by atoms with Crippen LogP contribution in [0.3, 0.4) is 0 Å². The Hall–Kier alpha value is -7.09. The molecule has 0 aliphatic carbocycles. The molecule has 0 bridgehead atoms. The van der Waals surface area contributed by atoms with Gasteiger partial charge in [0.1, 0.15) is 47.0 Å². The number of primary amides is 1. The summed E-state index contributed by atoms with van der Waals surface area (Å²) in [5.41, 5.74) is 7.43. The standard InChI is InChI=1S/C56H69N11O20S2.Na/c1-4-5-16-84-34-13-11-31(12-14-34)53-64-67-25-36(60-56(67)88-53)29-7-9-30(10-8-29)48(76)59-35-19-32(69)22-58-52(80)46-47(75)26(2)23-66(46)55(82)45(40(73)21-42(57)74)63-51(79)44(39(72)17-28-6-15-38(71)41(18-28)85-89-87-86-83)62-50(78)37-20-33(70)24-65(37)54(81)43(27(3)68)61-49(35)77;/h6-15,18,25-27,32-33,35,37,39-40,43-47,68-73,75,83H,4-5,16-17,19-24H2,1-3H3,(H2,57,74)(H,58,80)(H,59,76)(H,61,77)(H,62,78)(H,63,79);/q;+1/p-1. The molecule has 13 atom stereocenters. The third-order valence-electron chi connectivity index (χ3n) is 15.2. The van der Waals surface area contributed by atoms with Crippen LogP contribution in [0.5, 0.6) is 17.2 Å². The summed E-state index contributed by atoms with van der Waals surface area (Å²) >= 11 is 1.35. The van der Waals surface area contributed by atoms with Crippen LogP contribution >= 0.6 is 23.7 Å². The van der Waals surface area contributed by atoms with E-state index in [2.05, 4.69) is 48.0 Å². The van der Waals surface area contributed by atoms with Crippen molar-refractivity contribution >= 4 is 75.9 Å². The quantitative estimate of drug-likeness (QED) is 0.0120. The van der Waals surface area contributed by atoms with Crippen molar-refractivity contribution in [2.75, 3.05) is 26.2 Å². The van der Waals surface area contributed by atoms with E-state index >= 15 is 0 Å². The number of β-amino-alcohol motifs (C(OH)–C–C–N with tert-alkyl or cyclic N) is 1. The van der Waals surface area contributed by atoms with Crippen molar-refractivity contribution in [3.05, 3.63) is 84.1 Å². The number of phenols is 1. The van der Waals surface area contributed by atoms with Gasteiger partial charge in [0.25, 0.3) is 18.2 Å². The van der Waals surface area contributed by atoms with Gasteiger partial charge >= 0.3 is 29.6 Å². The van der Waals surface area contributed by atoms with Crippen LogP contribution in [-0.2, 0) is 49.4 Å². The molecule has 34 heteroatoms. The molecular weight excluding hydrogens is 1230 g/mol. The van der Waals surface area contributed by atoms with Gasteiger partial charge in [0.2, 0.25) is 46.3 Å².